The highest BCUT2D eigenvalue weighted by Crippen LogP contribution is 2.21. The lowest BCUT2D eigenvalue weighted by Gasteiger charge is -2.05. The van der Waals surface area contributed by atoms with Gasteiger partial charge in [-0.2, -0.15) is 0 Å². The summed E-state index contributed by atoms with van der Waals surface area (Å²) >= 11 is 1.58. The molecular formula is C20H19N3O4S. The number of benzene rings is 1. The Labute approximate surface area is 165 Å². The van der Waals surface area contributed by atoms with Crippen LogP contribution >= 0.6 is 11.3 Å². The van der Waals surface area contributed by atoms with Crippen molar-refractivity contribution in [2.75, 3.05) is 5.32 Å². The molecule has 8 heteroatoms. The lowest BCUT2D eigenvalue weighted by Crippen LogP contribution is -2.16. The molecule has 7 nitrogen and oxygen atoms in total. The molecular weight excluding hydrogens is 378 g/mol. The Bertz CT molecular complexity index is 1050. The Kier molecular flexibility index (Phi) is 5.70. The number of aromatic carboxylic acids is 1. The number of aryl methyl sites for hydroxylation is 1. The van der Waals surface area contributed by atoms with E-state index in [1.165, 1.54) is 6.92 Å². The van der Waals surface area contributed by atoms with Gasteiger partial charge in [0.25, 0.3) is 5.91 Å². The fourth-order valence-corrected chi connectivity index (χ4v) is 3.38. The number of rotatable bonds is 6. The standard InChI is InChI=1S/C20H19N3O4S/c1-11(2)15-10-28-16(22-15)8-7-13-5-4-6-14(9-13)21-19(24)17-12(3)27-23-18(17)20(25)26/h4-11H,1-3H3,(H,21,24)(H,25,26)/b8-7+. The van der Waals surface area contributed by atoms with Crippen molar-refractivity contribution in [1.29, 1.82) is 0 Å². The van der Waals surface area contributed by atoms with Gasteiger partial charge in [-0.15, -0.1) is 11.3 Å². The number of nitrogens with one attached hydrogen (secondary N) is 1. The predicted molar refractivity (Wildman–Crippen MR) is 108 cm³/mol. The topological polar surface area (TPSA) is 105 Å². The molecule has 0 spiro atoms. The first-order valence-electron chi connectivity index (χ1n) is 8.59. The van der Waals surface area contributed by atoms with Crippen molar-refractivity contribution >= 4 is 41.1 Å². The van der Waals surface area contributed by atoms with Crippen LogP contribution in [0.1, 0.15) is 62.6 Å². The Morgan fingerprint density at radius 1 is 1.29 bits per heavy atom. The number of carbonyl (C=O) groups is 2. The van der Waals surface area contributed by atoms with Crippen LogP contribution in [0.25, 0.3) is 12.2 Å². The average Bonchev–Trinajstić information content (AvgIpc) is 3.27. The number of carbonyl (C=O) groups excluding carboxylic acids is 1. The summed E-state index contributed by atoms with van der Waals surface area (Å²) in [6.07, 6.45) is 3.83. The SMILES string of the molecule is Cc1onc(C(=O)O)c1C(=O)Nc1cccc(/C=C/c2nc(C(C)C)cs2)c1. The fourth-order valence-electron chi connectivity index (χ4n) is 2.51. The summed E-state index contributed by atoms with van der Waals surface area (Å²) in [4.78, 5) is 28.2. The molecule has 1 amide bonds. The van der Waals surface area contributed by atoms with Gasteiger partial charge in [0.05, 0.1) is 5.69 Å². The van der Waals surface area contributed by atoms with Crippen molar-refractivity contribution in [3.05, 3.63) is 62.9 Å². The molecule has 2 N–H and O–H groups in total. The monoisotopic (exact) mass is 397 g/mol. The quantitative estimate of drug-likeness (QED) is 0.625. The van der Waals surface area contributed by atoms with Crippen LogP contribution in [-0.2, 0) is 0 Å². The van der Waals surface area contributed by atoms with E-state index in [-0.39, 0.29) is 11.3 Å². The van der Waals surface area contributed by atoms with E-state index < -0.39 is 17.6 Å². The molecule has 0 saturated carbocycles. The lowest BCUT2D eigenvalue weighted by molar-refractivity contribution is 0.0682. The van der Waals surface area contributed by atoms with E-state index in [0.29, 0.717) is 11.6 Å². The number of carboxylic acid groups (broad SMARTS) is 1. The molecule has 0 fully saturated rings. The maximum absolute atomic E-state index is 12.5. The number of hydrogen-bond donors (Lipinski definition) is 2. The summed E-state index contributed by atoms with van der Waals surface area (Å²) < 4.78 is 4.84. The van der Waals surface area contributed by atoms with E-state index in [9.17, 15) is 9.59 Å². The van der Waals surface area contributed by atoms with E-state index in [2.05, 4.69) is 29.3 Å². The first kappa shape index (κ1) is 19.5. The summed E-state index contributed by atoms with van der Waals surface area (Å²) in [5, 5.41) is 18.2. The smallest absolute Gasteiger partial charge is 0.358 e. The average molecular weight is 397 g/mol. The van der Waals surface area contributed by atoms with Crippen LogP contribution in [0.15, 0.2) is 34.2 Å². The fraction of sp³-hybridized carbons (Fsp3) is 0.200. The molecule has 0 atom stereocenters. The number of anilines is 1. The van der Waals surface area contributed by atoms with E-state index in [0.717, 1.165) is 16.3 Å². The lowest BCUT2D eigenvalue weighted by atomic mass is 10.1. The van der Waals surface area contributed by atoms with Gasteiger partial charge in [0.1, 0.15) is 16.3 Å². The van der Waals surface area contributed by atoms with Crippen molar-refractivity contribution in [2.24, 2.45) is 0 Å². The second kappa shape index (κ2) is 8.18. The van der Waals surface area contributed by atoms with Gasteiger partial charge in [0.2, 0.25) is 5.69 Å². The third-order valence-corrected chi connectivity index (χ3v) is 4.81. The van der Waals surface area contributed by atoms with Crippen molar-refractivity contribution in [3.63, 3.8) is 0 Å². The van der Waals surface area contributed by atoms with Crippen LogP contribution in [0, 0.1) is 6.92 Å². The Morgan fingerprint density at radius 2 is 2.07 bits per heavy atom. The van der Waals surface area contributed by atoms with Crippen molar-refractivity contribution in [3.8, 4) is 0 Å². The molecule has 0 unspecified atom stereocenters. The van der Waals surface area contributed by atoms with Crippen LogP contribution in [-0.4, -0.2) is 27.1 Å². The molecule has 2 heterocycles. The molecule has 0 aliphatic heterocycles. The minimum absolute atomic E-state index is 0.0857. The minimum atomic E-state index is -1.32. The molecule has 2 aromatic heterocycles. The van der Waals surface area contributed by atoms with Crippen molar-refractivity contribution < 1.29 is 19.2 Å². The van der Waals surface area contributed by atoms with Gasteiger partial charge in [-0.3, -0.25) is 4.79 Å². The number of carboxylic acids is 1. The zero-order valence-corrected chi connectivity index (χ0v) is 16.4. The van der Waals surface area contributed by atoms with Crippen LogP contribution < -0.4 is 5.32 Å². The molecule has 1 aromatic carbocycles. The number of nitrogens with zero attached hydrogens (tertiary/aromatic N) is 2. The summed E-state index contributed by atoms with van der Waals surface area (Å²) in [6.45, 7) is 5.69. The molecule has 0 aliphatic rings. The minimum Gasteiger partial charge on any atom is -0.476 e. The van der Waals surface area contributed by atoms with Gasteiger partial charge in [0, 0.05) is 11.1 Å². The van der Waals surface area contributed by atoms with Gasteiger partial charge < -0.3 is 14.9 Å². The third-order valence-electron chi connectivity index (χ3n) is 3.99. The van der Waals surface area contributed by atoms with Crippen LogP contribution in [0.3, 0.4) is 0 Å². The molecule has 3 aromatic rings. The maximum atomic E-state index is 12.5. The summed E-state index contributed by atoms with van der Waals surface area (Å²) in [5.41, 5.74) is 1.97. The molecule has 144 valence electrons. The summed E-state index contributed by atoms with van der Waals surface area (Å²) in [7, 11) is 0. The summed E-state index contributed by atoms with van der Waals surface area (Å²) in [6, 6.07) is 7.21. The van der Waals surface area contributed by atoms with Gasteiger partial charge in [-0.25, -0.2) is 9.78 Å². The van der Waals surface area contributed by atoms with Gasteiger partial charge in [0.15, 0.2) is 0 Å². The number of hydrogen-bond acceptors (Lipinski definition) is 6. The second-order valence-corrected chi connectivity index (χ2v) is 7.34. The summed E-state index contributed by atoms with van der Waals surface area (Å²) in [5.74, 6) is -1.37. The van der Waals surface area contributed by atoms with Crippen LogP contribution in [0.4, 0.5) is 5.69 Å². The van der Waals surface area contributed by atoms with Crippen LogP contribution in [0.5, 0.6) is 0 Å². The number of amides is 1. The molecule has 0 saturated heterocycles. The van der Waals surface area contributed by atoms with E-state index in [1.807, 2.05) is 23.6 Å². The third kappa shape index (κ3) is 4.34. The molecule has 0 aliphatic carbocycles. The molecule has 0 bridgehead atoms. The highest BCUT2D eigenvalue weighted by atomic mass is 32.1. The van der Waals surface area contributed by atoms with Gasteiger partial charge in [-0.1, -0.05) is 37.2 Å². The highest BCUT2D eigenvalue weighted by Gasteiger charge is 2.25. The molecule has 28 heavy (non-hydrogen) atoms. The first-order valence-corrected chi connectivity index (χ1v) is 9.47. The Hall–Kier alpha value is -3.26. The van der Waals surface area contributed by atoms with Crippen molar-refractivity contribution in [1.82, 2.24) is 10.1 Å². The second-order valence-electron chi connectivity index (χ2n) is 6.45. The van der Waals surface area contributed by atoms with Gasteiger partial charge >= 0.3 is 5.97 Å². The first-order chi connectivity index (χ1) is 13.3. The normalized spacial score (nSPS) is 11.3. The number of aromatic nitrogens is 2. The van der Waals surface area contributed by atoms with Crippen molar-refractivity contribution in [2.45, 2.75) is 26.7 Å². The van der Waals surface area contributed by atoms with E-state index >= 15 is 0 Å². The predicted octanol–water partition coefficient (Wildman–Crippen LogP) is 4.68. The highest BCUT2D eigenvalue weighted by molar-refractivity contribution is 7.10. The molecule has 0 radical (unpaired) electrons. The molecule has 3 rings (SSSR count). The zero-order chi connectivity index (χ0) is 20.3. The largest absolute Gasteiger partial charge is 0.476 e. The maximum Gasteiger partial charge on any atom is 0.358 e. The van der Waals surface area contributed by atoms with Crippen LogP contribution in [0.2, 0.25) is 0 Å². The zero-order valence-electron chi connectivity index (χ0n) is 15.6. The Morgan fingerprint density at radius 3 is 2.75 bits per heavy atom. The van der Waals surface area contributed by atoms with Gasteiger partial charge in [-0.05, 0) is 36.6 Å². The number of thiazole rings is 1. The van der Waals surface area contributed by atoms with E-state index in [1.54, 1.807) is 29.5 Å². The van der Waals surface area contributed by atoms with E-state index in [4.69, 9.17) is 9.63 Å². The Balaban J connectivity index is 1.76.